The van der Waals surface area contributed by atoms with E-state index in [-0.39, 0.29) is 6.42 Å². The largest absolute Gasteiger partial charge is 0.472 e. The Labute approximate surface area is 280 Å². The van der Waals surface area contributed by atoms with Crippen LogP contribution in [-0.2, 0) is 42.9 Å². The maximum atomic E-state index is 13.8. The molecule has 1 aromatic rings. The standard InChI is InChI=1S/C36H48O12/c1-10-19(4)28(40)47-30-34-21(11-13-32(7)23(34)16-25(38)45-26(32)20-12-14-44-17-20)33(8)22(15-24(37)43-9)31(5,6)29(46-27(39)18(2)3)35(30,41)36(33,42)48-34/h12,14,16-19,21-22,26,29-30,41-42H,10-11,13,15H2,1-9H3/t19?,21?,22-,26-,29-,30-,32+,33+,34+,35-,36+/m0/s1. The van der Waals surface area contributed by atoms with Crippen LogP contribution in [-0.4, -0.2) is 70.4 Å². The SMILES string of the molecule is CCC(C)C(=O)O[C@@H]1[C@@]2(O)[C@@H](OC(=O)C(C)C)C(C)(C)[C@H](CC(=O)OC)[C@@]3(C)C4CC[C@]5(C)C(=CC(=O)O[C@H]5c5ccoc5)[C@]41O[C@@]23O. The molecule has 3 aliphatic heterocycles. The number of cyclic esters (lactones) is 1. The quantitative estimate of drug-likeness (QED) is 0.299. The number of fused-ring (bicyclic) bond motifs is 2. The second-order valence-corrected chi connectivity index (χ2v) is 15.8. The minimum Gasteiger partial charge on any atom is -0.472 e. The van der Waals surface area contributed by atoms with E-state index in [9.17, 15) is 29.4 Å². The molecular weight excluding hydrogens is 624 g/mol. The minimum absolute atomic E-state index is 0.197. The zero-order valence-electron chi connectivity index (χ0n) is 29.2. The summed E-state index contributed by atoms with van der Waals surface area (Å²) in [5.74, 6) is -7.76. The van der Waals surface area contributed by atoms with Crippen molar-refractivity contribution < 1.29 is 57.5 Å². The molecule has 0 aromatic carbocycles. The Kier molecular flexibility index (Phi) is 7.86. The molecule has 12 heteroatoms. The van der Waals surface area contributed by atoms with Crippen molar-refractivity contribution >= 4 is 23.9 Å². The second kappa shape index (κ2) is 10.9. The highest BCUT2D eigenvalue weighted by atomic mass is 16.7. The van der Waals surface area contributed by atoms with Crippen LogP contribution in [0, 0.1) is 39.9 Å². The Morgan fingerprint density at radius 2 is 1.71 bits per heavy atom. The van der Waals surface area contributed by atoms with Crippen molar-refractivity contribution in [2.45, 2.75) is 116 Å². The maximum Gasteiger partial charge on any atom is 0.331 e. The molecule has 264 valence electrons. The van der Waals surface area contributed by atoms with Crippen LogP contribution >= 0.6 is 0 Å². The first-order chi connectivity index (χ1) is 22.3. The fraction of sp³-hybridized carbons (Fsp3) is 0.722. The number of carbonyl (C=O) groups excluding carboxylic acids is 4. The summed E-state index contributed by atoms with van der Waals surface area (Å²) in [6.07, 6.45) is 1.36. The average molecular weight is 673 g/mol. The van der Waals surface area contributed by atoms with E-state index in [2.05, 4.69) is 0 Å². The van der Waals surface area contributed by atoms with Crippen molar-refractivity contribution in [1.82, 2.24) is 0 Å². The first-order valence-corrected chi connectivity index (χ1v) is 16.9. The van der Waals surface area contributed by atoms with Gasteiger partial charge in [-0.05, 0) is 36.8 Å². The molecule has 0 radical (unpaired) electrons. The van der Waals surface area contributed by atoms with E-state index in [4.69, 9.17) is 28.1 Å². The van der Waals surface area contributed by atoms with Gasteiger partial charge in [0.25, 0.3) is 0 Å². The van der Waals surface area contributed by atoms with E-state index in [0.29, 0.717) is 30.4 Å². The summed E-state index contributed by atoms with van der Waals surface area (Å²) >= 11 is 0. The van der Waals surface area contributed by atoms with E-state index < -0.39 is 99.1 Å². The van der Waals surface area contributed by atoms with Crippen LogP contribution in [0.1, 0.15) is 92.7 Å². The predicted molar refractivity (Wildman–Crippen MR) is 166 cm³/mol. The van der Waals surface area contributed by atoms with Gasteiger partial charge in [-0.3, -0.25) is 14.4 Å². The molecule has 48 heavy (non-hydrogen) atoms. The molecule has 1 spiro atoms. The third kappa shape index (κ3) is 4.05. The van der Waals surface area contributed by atoms with Crippen molar-refractivity contribution in [2.24, 2.45) is 39.9 Å². The van der Waals surface area contributed by atoms with Crippen LogP contribution in [0.4, 0.5) is 0 Å². The van der Waals surface area contributed by atoms with Gasteiger partial charge in [-0.1, -0.05) is 55.4 Å². The number of rotatable bonds is 8. The van der Waals surface area contributed by atoms with Gasteiger partial charge in [-0.15, -0.1) is 0 Å². The van der Waals surface area contributed by atoms with Gasteiger partial charge in [-0.25, -0.2) is 4.79 Å². The van der Waals surface area contributed by atoms with Gasteiger partial charge in [0.05, 0.1) is 31.5 Å². The van der Waals surface area contributed by atoms with Gasteiger partial charge < -0.3 is 38.3 Å². The van der Waals surface area contributed by atoms with Crippen LogP contribution in [0.5, 0.6) is 0 Å². The molecular formula is C36H48O12. The fourth-order valence-corrected chi connectivity index (χ4v) is 10.2. The molecule has 4 heterocycles. The number of methoxy groups -OCH3 is 1. The summed E-state index contributed by atoms with van der Waals surface area (Å²) in [7, 11) is 1.27. The maximum absolute atomic E-state index is 13.8. The number of aliphatic hydroxyl groups is 2. The van der Waals surface area contributed by atoms with Gasteiger partial charge in [-0.2, -0.15) is 0 Å². The number of esters is 4. The smallest absolute Gasteiger partial charge is 0.331 e. The second-order valence-electron chi connectivity index (χ2n) is 15.8. The Morgan fingerprint density at radius 1 is 1.04 bits per heavy atom. The predicted octanol–water partition coefficient (Wildman–Crippen LogP) is 4.17. The molecule has 1 aromatic heterocycles. The van der Waals surface area contributed by atoms with Crippen LogP contribution in [0.15, 0.2) is 34.7 Å². The van der Waals surface area contributed by atoms with Gasteiger partial charge in [0.1, 0.15) is 17.8 Å². The summed E-state index contributed by atoms with van der Waals surface area (Å²) in [4.78, 5) is 53.8. The number of furan rings is 1. The van der Waals surface area contributed by atoms with Crippen molar-refractivity contribution in [3.8, 4) is 0 Å². The van der Waals surface area contributed by atoms with Crippen LogP contribution in [0.25, 0.3) is 0 Å². The summed E-state index contributed by atoms with van der Waals surface area (Å²) in [5, 5.41) is 26.5. The zero-order valence-corrected chi connectivity index (χ0v) is 29.2. The van der Waals surface area contributed by atoms with Crippen molar-refractivity contribution in [3.63, 3.8) is 0 Å². The van der Waals surface area contributed by atoms with Crippen LogP contribution in [0.3, 0.4) is 0 Å². The minimum atomic E-state index is -2.55. The zero-order chi connectivity index (χ0) is 35.4. The van der Waals surface area contributed by atoms with Crippen LogP contribution in [0.2, 0.25) is 0 Å². The molecule has 2 saturated heterocycles. The Bertz CT molecular complexity index is 1550. The van der Waals surface area contributed by atoms with Crippen molar-refractivity contribution in [3.05, 3.63) is 35.8 Å². The fourth-order valence-electron chi connectivity index (χ4n) is 10.2. The normalized spacial score (nSPS) is 42.6. The molecule has 11 atom stereocenters. The highest BCUT2D eigenvalue weighted by molar-refractivity contribution is 5.86. The van der Waals surface area contributed by atoms with Gasteiger partial charge in [0, 0.05) is 40.2 Å². The third-order valence-electron chi connectivity index (χ3n) is 12.8. The summed E-state index contributed by atoms with van der Waals surface area (Å²) in [6.45, 7) is 14.0. The van der Waals surface area contributed by atoms with Gasteiger partial charge >= 0.3 is 23.9 Å². The molecule has 4 fully saturated rings. The summed E-state index contributed by atoms with van der Waals surface area (Å²) < 4.78 is 35.8. The van der Waals surface area contributed by atoms with Gasteiger partial charge in [0.15, 0.2) is 11.7 Å². The number of ether oxygens (including phenoxy) is 5. The van der Waals surface area contributed by atoms with Crippen molar-refractivity contribution in [2.75, 3.05) is 7.11 Å². The highest BCUT2D eigenvalue weighted by Crippen LogP contribution is 2.82. The third-order valence-corrected chi connectivity index (χ3v) is 12.8. The van der Waals surface area contributed by atoms with E-state index in [0.717, 1.165) is 0 Å². The van der Waals surface area contributed by atoms with Gasteiger partial charge in [0.2, 0.25) is 5.79 Å². The molecule has 2 bridgehead atoms. The van der Waals surface area contributed by atoms with Crippen molar-refractivity contribution in [1.29, 1.82) is 0 Å². The first kappa shape index (κ1) is 34.6. The average Bonchev–Trinajstić information content (AvgIpc) is 3.68. The number of hydrogen-bond acceptors (Lipinski definition) is 12. The number of carbonyl (C=O) groups is 4. The molecule has 2 saturated carbocycles. The lowest BCUT2D eigenvalue weighted by Gasteiger charge is -2.69. The lowest BCUT2D eigenvalue weighted by atomic mass is 9.36. The first-order valence-electron chi connectivity index (χ1n) is 16.9. The molecule has 0 amide bonds. The molecule has 2 aliphatic carbocycles. The summed E-state index contributed by atoms with van der Waals surface area (Å²) in [5.41, 5.74) is -6.92. The molecule has 5 aliphatic rings. The molecule has 6 rings (SSSR count). The number of hydrogen-bond donors (Lipinski definition) is 2. The van der Waals surface area contributed by atoms with Crippen LogP contribution < -0.4 is 0 Å². The van der Waals surface area contributed by atoms with E-state index >= 15 is 0 Å². The monoisotopic (exact) mass is 672 g/mol. The lowest BCUT2D eigenvalue weighted by molar-refractivity contribution is -0.386. The Hall–Kier alpha value is -3.22. The summed E-state index contributed by atoms with van der Waals surface area (Å²) in [6, 6.07) is 1.71. The highest BCUT2D eigenvalue weighted by Gasteiger charge is 2.96. The Morgan fingerprint density at radius 3 is 2.29 bits per heavy atom. The van der Waals surface area contributed by atoms with E-state index in [1.54, 1.807) is 47.6 Å². The molecule has 2 N–H and O–H groups in total. The topological polar surface area (TPSA) is 168 Å². The molecule has 2 unspecified atom stereocenters. The lowest BCUT2D eigenvalue weighted by Crippen LogP contribution is -2.84. The van der Waals surface area contributed by atoms with E-state index in [1.165, 1.54) is 25.7 Å². The molecule has 12 nitrogen and oxygen atoms in total. The van der Waals surface area contributed by atoms with E-state index in [1.807, 2.05) is 13.8 Å². The Balaban J connectivity index is 1.66.